The molecule has 2 N–H and O–H groups in total. The van der Waals surface area contributed by atoms with Gasteiger partial charge in [0.2, 0.25) is 11.8 Å². The molecule has 1 aromatic rings. The average Bonchev–Trinajstić information content (AvgIpc) is 2.96. The zero-order valence-corrected chi connectivity index (χ0v) is 11.4. The summed E-state index contributed by atoms with van der Waals surface area (Å²) in [5.74, 6) is 0.703. The molecule has 1 aromatic heterocycles. The Morgan fingerprint density at radius 1 is 1.63 bits per heavy atom. The third kappa shape index (κ3) is 3.33. The molecule has 1 atom stereocenters. The molecule has 104 valence electrons. The first-order valence-corrected chi connectivity index (χ1v) is 6.68. The Morgan fingerprint density at radius 3 is 2.95 bits per heavy atom. The van der Waals surface area contributed by atoms with Crippen molar-refractivity contribution in [3.8, 4) is 0 Å². The molecule has 0 aromatic carbocycles. The number of nitrogens with zero attached hydrogens (tertiary/aromatic N) is 2. The minimum atomic E-state index is -0.129. The number of aromatic nitrogens is 2. The number of hydrogen-bond acceptors (Lipinski definition) is 3. The van der Waals surface area contributed by atoms with Crippen LogP contribution in [0.1, 0.15) is 43.7 Å². The van der Waals surface area contributed by atoms with Gasteiger partial charge in [0.15, 0.2) is 0 Å². The van der Waals surface area contributed by atoms with Gasteiger partial charge in [-0.15, -0.1) is 0 Å². The van der Waals surface area contributed by atoms with Gasteiger partial charge in [-0.05, 0) is 19.8 Å². The molecule has 0 radical (unpaired) electrons. The SMILES string of the molecule is CCC(NC(=O)CN1CCCC1=O)c1ncc(C)[nH]1. The summed E-state index contributed by atoms with van der Waals surface area (Å²) in [6, 6.07) is -0.126. The Hall–Kier alpha value is -1.85. The number of aryl methyl sites for hydroxylation is 1. The van der Waals surface area contributed by atoms with Gasteiger partial charge in [-0.2, -0.15) is 0 Å². The monoisotopic (exact) mass is 264 g/mol. The fourth-order valence-corrected chi connectivity index (χ4v) is 2.26. The van der Waals surface area contributed by atoms with Crippen molar-refractivity contribution < 1.29 is 9.59 Å². The van der Waals surface area contributed by atoms with Gasteiger partial charge in [0.25, 0.3) is 0 Å². The molecule has 19 heavy (non-hydrogen) atoms. The first-order chi connectivity index (χ1) is 9.10. The van der Waals surface area contributed by atoms with Gasteiger partial charge < -0.3 is 15.2 Å². The fraction of sp³-hybridized carbons (Fsp3) is 0.615. The predicted molar refractivity (Wildman–Crippen MR) is 70.3 cm³/mol. The van der Waals surface area contributed by atoms with Crippen LogP contribution < -0.4 is 5.32 Å². The molecule has 1 unspecified atom stereocenters. The van der Waals surface area contributed by atoms with Crippen LogP contribution in [0.3, 0.4) is 0 Å². The zero-order valence-electron chi connectivity index (χ0n) is 11.4. The molecule has 2 amide bonds. The normalized spacial score (nSPS) is 16.7. The lowest BCUT2D eigenvalue weighted by Crippen LogP contribution is -2.39. The summed E-state index contributed by atoms with van der Waals surface area (Å²) < 4.78 is 0. The Bertz CT molecular complexity index is 469. The van der Waals surface area contributed by atoms with Crippen LogP contribution in [0.25, 0.3) is 0 Å². The second kappa shape index (κ2) is 5.86. The van der Waals surface area contributed by atoms with Crippen LogP contribution in [0.5, 0.6) is 0 Å². The van der Waals surface area contributed by atoms with Gasteiger partial charge in [0, 0.05) is 24.9 Å². The van der Waals surface area contributed by atoms with Crippen molar-refractivity contribution >= 4 is 11.8 Å². The lowest BCUT2D eigenvalue weighted by molar-refractivity contribution is -0.133. The number of carbonyl (C=O) groups is 2. The third-order valence-electron chi connectivity index (χ3n) is 3.30. The Labute approximate surface area is 112 Å². The predicted octanol–water partition coefficient (Wildman–Crippen LogP) is 0.908. The highest BCUT2D eigenvalue weighted by atomic mass is 16.2. The van der Waals surface area contributed by atoms with E-state index < -0.39 is 0 Å². The molecule has 1 aliphatic rings. The highest BCUT2D eigenvalue weighted by molar-refractivity contribution is 5.85. The lowest BCUT2D eigenvalue weighted by Gasteiger charge is -2.19. The Morgan fingerprint density at radius 2 is 2.42 bits per heavy atom. The standard InChI is InChI=1S/C13H20N4O2/c1-3-10(13-14-7-9(2)15-13)16-11(18)8-17-6-4-5-12(17)19/h7,10H,3-6,8H2,1-2H3,(H,14,15)(H,16,18). The largest absolute Gasteiger partial charge is 0.345 e. The zero-order chi connectivity index (χ0) is 13.8. The minimum absolute atomic E-state index is 0.0667. The maximum absolute atomic E-state index is 11.9. The molecule has 2 heterocycles. The molecule has 0 spiro atoms. The van der Waals surface area contributed by atoms with Crippen LogP contribution in [-0.4, -0.2) is 39.8 Å². The smallest absolute Gasteiger partial charge is 0.240 e. The van der Waals surface area contributed by atoms with E-state index in [0.717, 1.165) is 24.4 Å². The van der Waals surface area contributed by atoms with Gasteiger partial charge in [-0.3, -0.25) is 9.59 Å². The number of H-pyrrole nitrogens is 1. The maximum Gasteiger partial charge on any atom is 0.240 e. The van der Waals surface area contributed by atoms with E-state index in [1.54, 1.807) is 11.1 Å². The van der Waals surface area contributed by atoms with Crippen LogP contribution in [0.2, 0.25) is 0 Å². The van der Waals surface area contributed by atoms with Gasteiger partial charge in [0.05, 0.1) is 12.6 Å². The average molecular weight is 264 g/mol. The summed E-state index contributed by atoms with van der Waals surface area (Å²) in [6.45, 7) is 4.75. The first-order valence-electron chi connectivity index (χ1n) is 6.68. The molecule has 6 heteroatoms. The van der Waals surface area contributed by atoms with Crippen molar-refractivity contribution in [2.75, 3.05) is 13.1 Å². The molecule has 0 saturated carbocycles. The second-order valence-corrected chi connectivity index (χ2v) is 4.90. The molecule has 2 rings (SSSR count). The number of nitrogens with one attached hydrogen (secondary N) is 2. The Kier molecular flexibility index (Phi) is 4.19. The van der Waals surface area contributed by atoms with E-state index in [1.165, 1.54) is 0 Å². The second-order valence-electron chi connectivity index (χ2n) is 4.90. The number of imidazole rings is 1. The number of rotatable bonds is 5. The number of hydrogen-bond donors (Lipinski definition) is 2. The van der Waals surface area contributed by atoms with E-state index in [0.29, 0.717) is 13.0 Å². The number of likely N-dealkylation sites (tertiary alicyclic amines) is 1. The molecule has 0 aliphatic carbocycles. The first kappa shape index (κ1) is 13.6. The molecular weight excluding hydrogens is 244 g/mol. The summed E-state index contributed by atoms with van der Waals surface area (Å²) in [4.78, 5) is 32.4. The van der Waals surface area contributed by atoms with Crippen LogP contribution in [0.15, 0.2) is 6.20 Å². The summed E-state index contributed by atoms with van der Waals surface area (Å²) in [6.07, 6.45) is 3.91. The van der Waals surface area contributed by atoms with Crippen molar-refractivity contribution in [2.24, 2.45) is 0 Å². The van der Waals surface area contributed by atoms with E-state index in [-0.39, 0.29) is 24.4 Å². The van der Waals surface area contributed by atoms with Crippen LogP contribution >= 0.6 is 0 Å². The fourth-order valence-electron chi connectivity index (χ4n) is 2.26. The van der Waals surface area contributed by atoms with E-state index in [4.69, 9.17) is 0 Å². The van der Waals surface area contributed by atoms with E-state index in [2.05, 4.69) is 15.3 Å². The number of carbonyl (C=O) groups excluding carboxylic acids is 2. The number of amides is 2. The molecule has 1 aliphatic heterocycles. The summed E-state index contributed by atoms with van der Waals surface area (Å²) in [5.41, 5.74) is 0.970. The van der Waals surface area contributed by atoms with Crippen molar-refractivity contribution in [3.05, 3.63) is 17.7 Å². The van der Waals surface area contributed by atoms with Crippen molar-refractivity contribution in [3.63, 3.8) is 0 Å². The highest BCUT2D eigenvalue weighted by Crippen LogP contribution is 2.13. The third-order valence-corrected chi connectivity index (χ3v) is 3.30. The molecule has 6 nitrogen and oxygen atoms in total. The van der Waals surface area contributed by atoms with E-state index >= 15 is 0 Å². The van der Waals surface area contributed by atoms with Gasteiger partial charge in [0.1, 0.15) is 5.82 Å². The summed E-state index contributed by atoms with van der Waals surface area (Å²) in [7, 11) is 0. The maximum atomic E-state index is 11.9. The van der Waals surface area contributed by atoms with E-state index in [1.807, 2.05) is 13.8 Å². The van der Waals surface area contributed by atoms with Crippen molar-refractivity contribution in [2.45, 2.75) is 39.2 Å². The molecular formula is C13H20N4O2. The lowest BCUT2D eigenvalue weighted by atomic mass is 10.2. The summed E-state index contributed by atoms with van der Waals surface area (Å²) in [5, 5.41) is 2.92. The minimum Gasteiger partial charge on any atom is -0.345 e. The van der Waals surface area contributed by atoms with Crippen molar-refractivity contribution in [1.82, 2.24) is 20.2 Å². The molecule has 1 saturated heterocycles. The van der Waals surface area contributed by atoms with Gasteiger partial charge >= 0.3 is 0 Å². The molecule has 1 fully saturated rings. The topological polar surface area (TPSA) is 78.1 Å². The van der Waals surface area contributed by atoms with E-state index in [9.17, 15) is 9.59 Å². The summed E-state index contributed by atoms with van der Waals surface area (Å²) >= 11 is 0. The van der Waals surface area contributed by atoms with Crippen LogP contribution in [0.4, 0.5) is 0 Å². The highest BCUT2D eigenvalue weighted by Gasteiger charge is 2.23. The van der Waals surface area contributed by atoms with Gasteiger partial charge in [-0.25, -0.2) is 4.98 Å². The molecule has 0 bridgehead atoms. The van der Waals surface area contributed by atoms with Crippen LogP contribution in [-0.2, 0) is 9.59 Å². The van der Waals surface area contributed by atoms with Crippen LogP contribution in [0, 0.1) is 6.92 Å². The quantitative estimate of drug-likeness (QED) is 0.829. The van der Waals surface area contributed by atoms with Gasteiger partial charge in [-0.1, -0.05) is 6.92 Å². The van der Waals surface area contributed by atoms with Crippen molar-refractivity contribution in [1.29, 1.82) is 0 Å². The number of aromatic amines is 1. The Balaban J connectivity index is 1.91.